The zero-order valence-corrected chi connectivity index (χ0v) is 13.5. The van der Waals surface area contributed by atoms with E-state index in [1.54, 1.807) is 0 Å². The molecular formula is C14H16BrN3OS. The molecule has 106 valence electrons. The second-order valence-electron chi connectivity index (χ2n) is 4.80. The summed E-state index contributed by atoms with van der Waals surface area (Å²) in [5, 5.41) is 1.15. The van der Waals surface area contributed by atoms with Crippen LogP contribution in [0.25, 0.3) is 0 Å². The molecule has 0 atom stereocenters. The van der Waals surface area contributed by atoms with Gasteiger partial charge in [-0.2, -0.15) is 0 Å². The smallest absolute Gasteiger partial charge is 0.254 e. The highest BCUT2D eigenvalue weighted by Gasteiger charge is 2.25. The zero-order valence-electron chi connectivity index (χ0n) is 11.1. The molecule has 1 amide bonds. The molecule has 0 aliphatic carbocycles. The summed E-state index contributed by atoms with van der Waals surface area (Å²) >= 11 is 5.23. The minimum Gasteiger partial charge on any atom is -0.348 e. The van der Waals surface area contributed by atoms with Crippen molar-refractivity contribution in [1.82, 2.24) is 9.80 Å². The van der Waals surface area contributed by atoms with Crippen molar-refractivity contribution in [2.45, 2.75) is 0 Å². The first kappa shape index (κ1) is 13.9. The number of amidine groups is 1. The third-order valence-corrected chi connectivity index (χ3v) is 5.00. The summed E-state index contributed by atoms with van der Waals surface area (Å²) in [6.45, 7) is 4.23. The molecule has 3 rings (SSSR count). The molecule has 0 bridgehead atoms. The number of halogens is 1. The van der Waals surface area contributed by atoms with E-state index in [-0.39, 0.29) is 5.91 Å². The summed E-state index contributed by atoms with van der Waals surface area (Å²) < 4.78 is 0.943. The number of piperazine rings is 1. The van der Waals surface area contributed by atoms with Gasteiger partial charge in [-0.25, -0.2) is 0 Å². The van der Waals surface area contributed by atoms with Gasteiger partial charge in [-0.05, 0) is 18.2 Å². The van der Waals surface area contributed by atoms with Crippen molar-refractivity contribution in [2.24, 2.45) is 4.99 Å². The fraction of sp³-hybridized carbons (Fsp3) is 0.429. The van der Waals surface area contributed by atoms with Crippen LogP contribution in [0.1, 0.15) is 10.4 Å². The number of carbonyl (C=O) groups is 1. The van der Waals surface area contributed by atoms with E-state index < -0.39 is 0 Å². The van der Waals surface area contributed by atoms with Gasteiger partial charge in [-0.15, -0.1) is 0 Å². The van der Waals surface area contributed by atoms with Crippen molar-refractivity contribution < 1.29 is 4.79 Å². The highest BCUT2D eigenvalue weighted by Crippen LogP contribution is 2.19. The Morgan fingerprint density at radius 3 is 2.70 bits per heavy atom. The normalized spacial score (nSPS) is 19.1. The van der Waals surface area contributed by atoms with Gasteiger partial charge in [-0.1, -0.05) is 33.8 Å². The number of carbonyl (C=O) groups excluding carboxylic acids is 1. The SMILES string of the molecule is O=C(c1cccc(Br)c1)N1CCN(C2=NCCS2)CC1. The number of benzene rings is 1. The minimum absolute atomic E-state index is 0.118. The van der Waals surface area contributed by atoms with Gasteiger partial charge >= 0.3 is 0 Å². The standard InChI is InChI=1S/C14H16BrN3OS/c15-12-3-1-2-11(10-12)13(19)17-5-7-18(8-6-17)14-16-4-9-20-14/h1-3,10H,4-9H2. The molecule has 1 fully saturated rings. The van der Waals surface area contributed by atoms with Gasteiger partial charge in [-0.3, -0.25) is 9.79 Å². The number of rotatable bonds is 1. The Kier molecular flexibility index (Phi) is 4.31. The first-order valence-corrected chi connectivity index (χ1v) is 8.49. The predicted octanol–water partition coefficient (Wildman–Crippen LogP) is 2.31. The largest absolute Gasteiger partial charge is 0.348 e. The molecule has 4 nitrogen and oxygen atoms in total. The summed E-state index contributed by atoms with van der Waals surface area (Å²) in [6.07, 6.45) is 0. The molecule has 2 aliphatic rings. The Bertz CT molecular complexity index is 541. The number of hydrogen-bond acceptors (Lipinski definition) is 4. The molecule has 0 saturated carbocycles. The fourth-order valence-electron chi connectivity index (χ4n) is 2.42. The summed E-state index contributed by atoms with van der Waals surface area (Å²) in [6, 6.07) is 7.59. The van der Waals surface area contributed by atoms with Crippen LogP contribution in [0.2, 0.25) is 0 Å². The van der Waals surface area contributed by atoms with E-state index in [0.29, 0.717) is 0 Å². The van der Waals surface area contributed by atoms with Crippen LogP contribution in [0, 0.1) is 0 Å². The van der Waals surface area contributed by atoms with Gasteiger partial charge in [0, 0.05) is 42.0 Å². The Morgan fingerprint density at radius 1 is 1.25 bits per heavy atom. The Morgan fingerprint density at radius 2 is 2.05 bits per heavy atom. The van der Waals surface area contributed by atoms with Gasteiger partial charge in [0.15, 0.2) is 5.17 Å². The molecule has 2 heterocycles. The van der Waals surface area contributed by atoms with Crippen molar-refractivity contribution in [3.05, 3.63) is 34.3 Å². The van der Waals surface area contributed by atoms with Gasteiger partial charge in [0.1, 0.15) is 0 Å². The summed E-state index contributed by atoms with van der Waals surface area (Å²) in [5.74, 6) is 1.21. The van der Waals surface area contributed by atoms with Crippen molar-refractivity contribution in [3.63, 3.8) is 0 Å². The quantitative estimate of drug-likeness (QED) is 0.777. The second kappa shape index (κ2) is 6.18. The molecule has 2 aliphatic heterocycles. The second-order valence-corrected chi connectivity index (χ2v) is 6.78. The molecule has 0 unspecified atom stereocenters. The first-order chi connectivity index (χ1) is 9.74. The third kappa shape index (κ3) is 3.01. The number of hydrogen-bond donors (Lipinski definition) is 0. The fourth-order valence-corrected chi connectivity index (χ4v) is 3.73. The van der Waals surface area contributed by atoms with Gasteiger partial charge in [0.05, 0.1) is 6.54 Å². The molecule has 0 radical (unpaired) electrons. The van der Waals surface area contributed by atoms with Crippen LogP contribution in [0.15, 0.2) is 33.7 Å². The van der Waals surface area contributed by atoms with Crippen LogP contribution in [0.4, 0.5) is 0 Å². The maximum atomic E-state index is 12.4. The van der Waals surface area contributed by atoms with Crippen molar-refractivity contribution >= 4 is 38.8 Å². The Hall–Kier alpha value is -1.01. The van der Waals surface area contributed by atoms with E-state index in [2.05, 4.69) is 25.8 Å². The molecule has 0 aromatic heterocycles. The number of nitrogens with zero attached hydrogens (tertiary/aromatic N) is 3. The van der Waals surface area contributed by atoms with Gasteiger partial charge in [0.2, 0.25) is 0 Å². The maximum Gasteiger partial charge on any atom is 0.254 e. The lowest BCUT2D eigenvalue weighted by Crippen LogP contribution is -2.49. The lowest BCUT2D eigenvalue weighted by atomic mass is 10.2. The predicted molar refractivity (Wildman–Crippen MR) is 86.4 cm³/mol. The minimum atomic E-state index is 0.118. The highest BCUT2D eigenvalue weighted by atomic mass is 79.9. The Labute approximate surface area is 131 Å². The van der Waals surface area contributed by atoms with Crippen LogP contribution < -0.4 is 0 Å². The third-order valence-electron chi connectivity index (χ3n) is 3.48. The average molecular weight is 354 g/mol. The molecule has 20 heavy (non-hydrogen) atoms. The average Bonchev–Trinajstić information content (AvgIpc) is 3.01. The topological polar surface area (TPSA) is 35.9 Å². The first-order valence-electron chi connectivity index (χ1n) is 6.71. The Balaban J connectivity index is 1.61. The van der Waals surface area contributed by atoms with Crippen molar-refractivity contribution in [3.8, 4) is 0 Å². The van der Waals surface area contributed by atoms with Crippen LogP contribution in [0.5, 0.6) is 0 Å². The number of thioether (sulfide) groups is 1. The highest BCUT2D eigenvalue weighted by molar-refractivity contribution is 9.10. The summed E-state index contributed by atoms with van der Waals surface area (Å²) in [4.78, 5) is 21.1. The molecule has 0 N–H and O–H groups in total. The molecule has 6 heteroatoms. The molecule has 0 spiro atoms. The maximum absolute atomic E-state index is 12.4. The van der Waals surface area contributed by atoms with Crippen LogP contribution in [-0.4, -0.2) is 59.4 Å². The summed E-state index contributed by atoms with van der Waals surface area (Å²) in [7, 11) is 0. The van der Waals surface area contributed by atoms with E-state index in [9.17, 15) is 4.79 Å². The van der Waals surface area contributed by atoms with Crippen LogP contribution in [0.3, 0.4) is 0 Å². The molecule has 1 aromatic rings. The van der Waals surface area contributed by atoms with Gasteiger partial charge < -0.3 is 9.80 Å². The van der Waals surface area contributed by atoms with Crippen LogP contribution in [-0.2, 0) is 0 Å². The van der Waals surface area contributed by atoms with Crippen LogP contribution >= 0.6 is 27.7 Å². The van der Waals surface area contributed by atoms with E-state index in [4.69, 9.17) is 0 Å². The molecular weight excluding hydrogens is 338 g/mol. The summed E-state index contributed by atoms with van der Waals surface area (Å²) in [5.41, 5.74) is 0.750. The zero-order chi connectivity index (χ0) is 13.9. The molecule has 1 aromatic carbocycles. The molecule has 1 saturated heterocycles. The number of amides is 1. The van der Waals surface area contributed by atoms with Crippen molar-refractivity contribution in [2.75, 3.05) is 38.5 Å². The van der Waals surface area contributed by atoms with E-state index in [1.807, 2.05) is 40.9 Å². The monoisotopic (exact) mass is 353 g/mol. The lowest BCUT2D eigenvalue weighted by molar-refractivity contribution is 0.0693. The lowest BCUT2D eigenvalue weighted by Gasteiger charge is -2.35. The van der Waals surface area contributed by atoms with Crippen molar-refractivity contribution in [1.29, 1.82) is 0 Å². The van der Waals surface area contributed by atoms with E-state index in [0.717, 1.165) is 53.7 Å². The van der Waals surface area contributed by atoms with E-state index in [1.165, 1.54) is 0 Å². The van der Waals surface area contributed by atoms with Gasteiger partial charge in [0.25, 0.3) is 5.91 Å². The van der Waals surface area contributed by atoms with E-state index >= 15 is 0 Å². The number of aliphatic imine (C=N–C) groups is 1.